The van der Waals surface area contributed by atoms with Gasteiger partial charge >= 0.3 is 5.97 Å². The highest BCUT2D eigenvalue weighted by Gasteiger charge is 2.32. The average Bonchev–Trinajstić information content (AvgIpc) is 3.44. The van der Waals surface area contributed by atoms with E-state index >= 15 is 0 Å². The van der Waals surface area contributed by atoms with E-state index in [1.54, 1.807) is 30.5 Å². The van der Waals surface area contributed by atoms with Crippen molar-refractivity contribution in [3.63, 3.8) is 0 Å². The minimum atomic E-state index is -4.11. The van der Waals surface area contributed by atoms with E-state index in [-0.39, 0.29) is 28.7 Å². The van der Waals surface area contributed by atoms with Gasteiger partial charge in [-0.3, -0.25) is 4.31 Å². The second-order valence-corrected chi connectivity index (χ2v) is 11.2. The number of anilines is 1. The molecule has 1 aliphatic rings. The van der Waals surface area contributed by atoms with Crippen LogP contribution in [0, 0.1) is 6.92 Å². The van der Waals surface area contributed by atoms with Crippen molar-refractivity contribution in [1.82, 2.24) is 4.98 Å². The normalized spacial score (nSPS) is 14.0. The van der Waals surface area contributed by atoms with Gasteiger partial charge in [0.2, 0.25) is 4.34 Å². The fourth-order valence-electron chi connectivity index (χ4n) is 3.90. The number of carbonyl (C=O) groups is 1. The van der Waals surface area contributed by atoms with Crippen LogP contribution in [0.15, 0.2) is 46.1 Å². The van der Waals surface area contributed by atoms with E-state index < -0.39 is 22.2 Å². The van der Waals surface area contributed by atoms with Gasteiger partial charge < -0.3 is 9.84 Å². The molecule has 0 saturated carbocycles. The highest BCUT2D eigenvalue weighted by molar-refractivity contribution is 7.94. The van der Waals surface area contributed by atoms with Crippen molar-refractivity contribution in [3.05, 3.63) is 69.7 Å². The first-order valence-corrected chi connectivity index (χ1v) is 13.2. The summed E-state index contributed by atoms with van der Waals surface area (Å²) in [7, 11) is -4.11. The number of halogens is 1. The van der Waals surface area contributed by atoms with E-state index in [0.29, 0.717) is 11.4 Å². The molecule has 34 heavy (non-hydrogen) atoms. The maximum absolute atomic E-state index is 14.2. The summed E-state index contributed by atoms with van der Waals surface area (Å²) in [4.78, 5) is 15.2. The number of aromatic carboxylic acids is 1. The molecule has 1 aromatic heterocycles. The maximum atomic E-state index is 14.2. The number of benzene rings is 2. The number of carboxylic acid groups (broad SMARTS) is 1. The second kappa shape index (κ2) is 9.71. The van der Waals surface area contributed by atoms with Gasteiger partial charge in [-0.05, 0) is 74.1 Å². The van der Waals surface area contributed by atoms with Crippen LogP contribution >= 0.6 is 11.3 Å². The van der Waals surface area contributed by atoms with Gasteiger partial charge in [0.15, 0.2) is 0 Å². The van der Waals surface area contributed by atoms with Crippen LogP contribution < -0.4 is 9.04 Å². The van der Waals surface area contributed by atoms with E-state index in [9.17, 15) is 17.6 Å². The van der Waals surface area contributed by atoms with Crippen molar-refractivity contribution in [1.29, 1.82) is 0 Å². The number of nitrogens with zero attached hydrogens (tertiary/aromatic N) is 2. The zero-order valence-electron chi connectivity index (χ0n) is 18.8. The lowest BCUT2D eigenvalue weighted by atomic mass is 10.1. The summed E-state index contributed by atoms with van der Waals surface area (Å²) in [5.74, 6) is -0.688. The number of aryl methyl sites for hydroxylation is 3. The molecule has 0 saturated heterocycles. The lowest BCUT2D eigenvalue weighted by Gasteiger charge is -2.27. The van der Waals surface area contributed by atoms with Crippen molar-refractivity contribution in [3.8, 4) is 5.75 Å². The molecule has 1 aliphatic carbocycles. The Labute approximate surface area is 201 Å². The fourth-order valence-corrected chi connectivity index (χ4v) is 6.58. The van der Waals surface area contributed by atoms with Crippen LogP contribution in [0.4, 0.5) is 10.1 Å². The fraction of sp³-hybridized carbons (Fsp3) is 0.333. The summed E-state index contributed by atoms with van der Waals surface area (Å²) in [6, 6.07) is 9.88. The minimum absolute atomic E-state index is 0.0960. The van der Waals surface area contributed by atoms with Crippen molar-refractivity contribution in [2.24, 2.45) is 0 Å². The Hall–Kier alpha value is -2.98. The number of sulfonamides is 1. The SMILES string of the molecule is Cc1csc(S(=O)(=O)N(CC(C)F)c2cc3c(cc2OCc2ccc(C(=O)O)cc2)CCC3)n1. The topological polar surface area (TPSA) is 96.8 Å². The molecule has 4 rings (SSSR count). The van der Waals surface area contributed by atoms with Crippen molar-refractivity contribution < 1.29 is 27.4 Å². The molecular formula is C24H25FN2O5S2. The number of hydrogen-bond donors (Lipinski definition) is 1. The van der Waals surface area contributed by atoms with Crippen LogP contribution in [0.5, 0.6) is 5.75 Å². The molecule has 180 valence electrons. The molecular weight excluding hydrogens is 479 g/mol. The van der Waals surface area contributed by atoms with E-state index in [1.807, 2.05) is 6.07 Å². The van der Waals surface area contributed by atoms with Gasteiger partial charge in [0, 0.05) is 11.1 Å². The van der Waals surface area contributed by atoms with Gasteiger partial charge in [0.05, 0.1) is 17.8 Å². The maximum Gasteiger partial charge on any atom is 0.335 e. The molecule has 1 unspecified atom stereocenters. The molecule has 0 aliphatic heterocycles. The largest absolute Gasteiger partial charge is 0.487 e. The summed E-state index contributed by atoms with van der Waals surface area (Å²) in [6.07, 6.45) is 1.21. The Morgan fingerprint density at radius 3 is 2.50 bits per heavy atom. The number of aromatic nitrogens is 1. The molecule has 0 spiro atoms. The van der Waals surface area contributed by atoms with Crippen LogP contribution in [0.2, 0.25) is 0 Å². The molecule has 1 heterocycles. The number of rotatable bonds is 9. The van der Waals surface area contributed by atoms with Crippen molar-refractivity contribution >= 4 is 33.0 Å². The quantitative estimate of drug-likeness (QED) is 0.451. The first-order chi connectivity index (χ1) is 16.1. The van der Waals surface area contributed by atoms with Gasteiger partial charge in [0.25, 0.3) is 10.0 Å². The molecule has 1 N–H and O–H groups in total. The van der Waals surface area contributed by atoms with Gasteiger partial charge in [0.1, 0.15) is 18.5 Å². The molecule has 0 fully saturated rings. The van der Waals surface area contributed by atoms with Gasteiger partial charge in [-0.15, -0.1) is 11.3 Å². The van der Waals surface area contributed by atoms with Crippen molar-refractivity contribution in [2.75, 3.05) is 10.8 Å². The third kappa shape index (κ3) is 5.07. The molecule has 0 amide bonds. The highest BCUT2D eigenvalue weighted by Crippen LogP contribution is 2.39. The molecule has 7 nitrogen and oxygen atoms in total. The standard InChI is InChI=1S/C24H25FN2O5S2/c1-15(25)12-27(34(30,31)24-26-16(2)14-33-24)21-10-19-4-3-5-20(19)11-22(21)32-13-17-6-8-18(9-7-17)23(28)29/h6-11,14-15H,3-5,12-13H2,1-2H3,(H,28,29). The Balaban J connectivity index is 1.73. The first kappa shape index (κ1) is 24.2. The lowest BCUT2D eigenvalue weighted by Crippen LogP contribution is -2.36. The van der Waals surface area contributed by atoms with Crippen LogP contribution in [0.1, 0.15) is 46.1 Å². The van der Waals surface area contributed by atoms with Crippen LogP contribution in [-0.2, 0) is 29.5 Å². The molecule has 2 aromatic carbocycles. The Morgan fingerprint density at radius 2 is 1.91 bits per heavy atom. The van der Waals surface area contributed by atoms with Gasteiger partial charge in [-0.25, -0.2) is 14.2 Å². The predicted octanol–water partition coefficient (Wildman–Crippen LogP) is 4.77. The number of thiazole rings is 1. The Bertz CT molecular complexity index is 1300. The Morgan fingerprint density at radius 1 is 1.24 bits per heavy atom. The second-order valence-electron chi connectivity index (χ2n) is 8.30. The summed E-state index contributed by atoms with van der Waals surface area (Å²) >= 11 is 1.000. The predicted molar refractivity (Wildman–Crippen MR) is 128 cm³/mol. The van der Waals surface area contributed by atoms with Crippen LogP contribution in [0.25, 0.3) is 0 Å². The number of carboxylic acids is 1. The summed E-state index contributed by atoms with van der Waals surface area (Å²) in [5.41, 5.74) is 3.84. The third-order valence-electron chi connectivity index (χ3n) is 5.56. The number of fused-ring (bicyclic) bond motifs is 1. The third-order valence-corrected chi connectivity index (χ3v) is 8.69. The molecule has 0 bridgehead atoms. The zero-order valence-corrected chi connectivity index (χ0v) is 20.5. The zero-order chi connectivity index (χ0) is 24.5. The smallest absolute Gasteiger partial charge is 0.335 e. The highest BCUT2D eigenvalue weighted by atomic mass is 32.2. The Kier molecular flexibility index (Phi) is 6.90. The van der Waals surface area contributed by atoms with Crippen molar-refractivity contribution in [2.45, 2.75) is 50.2 Å². The van der Waals surface area contributed by atoms with E-state index in [4.69, 9.17) is 9.84 Å². The number of ether oxygens (including phenoxy) is 1. The summed E-state index contributed by atoms with van der Waals surface area (Å²) in [5, 5.41) is 10.7. The number of hydrogen-bond acceptors (Lipinski definition) is 6. The van der Waals surface area contributed by atoms with Crippen LogP contribution in [0.3, 0.4) is 0 Å². The monoisotopic (exact) mass is 504 g/mol. The van der Waals surface area contributed by atoms with Gasteiger partial charge in [-0.2, -0.15) is 8.42 Å². The minimum Gasteiger partial charge on any atom is -0.487 e. The number of alkyl halides is 1. The first-order valence-electron chi connectivity index (χ1n) is 10.8. The van der Waals surface area contributed by atoms with E-state index in [1.165, 1.54) is 19.1 Å². The summed E-state index contributed by atoms with van der Waals surface area (Å²) in [6.45, 7) is 2.75. The van der Waals surface area contributed by atoms with E-state index in [0.717, 1.165) is 51.6 Å². The molecule has 1 atom stereocenters. The lowest BCUT2D eigenvalue weighted by molar-refractivity contribution is 0.0696. The molecule has 3 aromatic rings. The average molecular weight is 505 g/mol. The van der Waals surface area contributed by atoms with E-state index in [2.05, 4.69) is 4.98 Å². The molecule has 10 heteroatoms. The van der Waals surface area contributed by atoms with Crippen LogP contribution in [-0.4, -0.2) is 37.2 Å². The summed E-state index contributed by atoms with van der Waals surface area (Å²) < 4.78 is 48.3. The van der Waals surface area contributed by atoms with Gasteiger partial charge in [-0.1, -0.05) is 12.1 Å². The molecule has 0 radical (unpaired) electrons.